The second-order valence-electron chi connectivity index (χ2n) is 7.37. The van der Waals surface area contributed by atoms with Gasteiger partial charge in [0.25, 0.3) is 11.8 Å². The third-order valence-electron chi connectivity index (χ3n) is 5.09. The van der Waals surface area contributed by atoms with Crippen LogP contribution in [0.1, 0.15) is 38.4 Å². The molecule has 1 aromatic carbocycles. The highest BCUT2D eigenvalue weighted by molar-refractivity contribution is 7.12. The van der Waals surface area contributed by atoms with Gasteiger partial charge in [-0.2, -0.15) is 5.10 Å². The van der Waals surface area contributed by atoms with Gasteiger partial charge in [-0.1, -0.05) is 12.1 Å². The van der Waals surface area contributed by atoms with E-state index < -0.39 is 0 Å². The smallest absolute Gasteiger partial charge is 0.266 e. The lowest BCUT2D eigenvalue weighted by Crippen LogP contribution is -2.25. The number of benzene rings is 1. The van der Waals surface area contributed by atoms with Crippen LogP contribution in [0.4, 0.5) is 5.82 Å². The van der Waals surface area contributed by atoms with Crippen LogP contribution in [-0.2, 0) is 0 Å². The molecule has 8 heteroatoms. The second kappa shape index (κ2) is 7.38. The Balaban J connectivity index is 1.44. The summed E-state index contributed by atoms with van der Waals surface area (Å²) in [5.41, 5.74) is 3.84. The van der Waals surface area contributed by atoms with E-state index >= 15 is 0 Å². The highest BCUT2D eigenvalue weighted by Crippen LogP contribution is 2.28. The van der Waals surface area contributed by atoms with E-state index in [1.807, 2.05) is 48.7 Å². The lowest BCUT2D eigenvalue weighted by atomic mass is 10.0. The Hall–Kier alpha value is -3.52. The Bertz CT molecular complexity index is 1260. The van der Waals surface area contributed by atoms with Crippen molar-refractivity contribution in [2.24, 2.45) is 0 Å². The number of pyridine rings is 1. The molecule has 3 heterocycles. The molecule has 1 saturated carbocycles. The van der Waals surface area contributed by atoms with Crippen molar-refractivity contribution in [3.8, 4) is 11.3 Å². The summed E-state index contributed by atoms with van der Waals surface area (Å²) in [6, 6.07) is 13.3. The van der Waals surface area contributed by atoms with E-state index in [0.717, 1.165) is 35.0 Å². The van der Waals surface area contributed by atoms with Gasteiger partial charge in [0.05, 0.1) is 16.0 Å². The SMILES string of the molecule is Cc1ccc(C(=O)NC2CC2)cc1-c1ccc2c(NC(=O)c3cccs3)n[nH]c2n1. The van der Waals surface area contributed by atoms with E-state index in [1.165, 1.54) is 11.3 Å². The van der Waals surface area contributed by atoms with Gasteiger partial charge in [-0.3, -0.25) is 14.7 Å². The first-order valence-corrected chi connectivity index (χ1v) is 10.6. The fourth-order valence-corrected chi connectivity index (χ4v) is 3.88. The number of rotatable bonds is 5. The van der Waals surface area contributed by atoms with Crippen LogP contribution < -0.4 is 10.6 Å². The summed E-state index contributed by atoms with van der Waals surface area (Å²) in [6.45, 7) is 1.99. The summed E-state index contributed by atoms with van der Waals surface area (Å²) in [5, 5.41) is 15.5. The number of thiophene rings is 1. The first kappa shape index (κ1) is 18.5. The van der Waals surface area contributed by atoms with Gasteiger partial charge < -0.3 is 10.6 Å². The predicted octanol–water partition coefficient (Wildman–Crippen LogP) is 4.14. The first-order chi connectivity index (χ1) is 14.6. The van der Waals surface area contributed by atoms with Gasteiger partial charge in [-0.25, -0.2) is 4.98 Å². The molecule has 7 nitrogen and oxygen atoms in total. The number of hydrogen-bond donors (Lipinski definition) is 3. The number of aromatic nitrogens is 3. The summed E-state index contributed by atoms with van der Waals surface area (Å²) in [6.07, 6.45) is 2.10. The fraction of sp³-hybridized carbons (Fsp3) is 0.182. The maximum Gasteiger partial charge on any atom is 0.266 e. The molecule has 0 radical (unpaired) electrons. The second-order valence-corrected chi connectivity index (χ2v) is 8.32. The molecule has 150 valence electrons. The average Bonchev–Trinajstić information content (AvgIpc) is 3.24. The molecule has 1 aliphatic carbocycles. The largest absolute Gasteiger partial charge is 0.349 e. The molecule has 0 spiro atoms. The van der Waals surface area contributed by atoms with Gasteiger partial charge in [0.15, 0.2) is 11.5 Å². The van der Waals surface area contributed by atoms with Crippen LogP contribution >= 0.6 is 11.3 Å². The normalized spacial score (nSPS) is 13.4. The van der Waals surface area contributed by atoms with Gasteiger partial charge in [0.2, 0.25) is 0 Å². The molecule has 0 aliphatic heterocycles. The van der Waals surface area contributed by atoms with Crippen molar-refractivity contribution in [2.45, 2.75) is 25.8 Å². The Morgan fingerprint density at radius 3 is 2.77 bits per heavy atom. The Kier molecular flexibility index (Phi) is 4.55. The highest BCUT2D eigenvalue weighted by Gasteiger charge is 2.24. The fourth-order valence-electron chi connectivity index (χ4n) is 3.26. The lowest BCUT2D eigenvalue weighted by Gasteiger charge is -2.09. The zero-order valence-corrected chi connectivity index (χ0v) is 17.0. The van der Waals surface area contributed by atoms with E-state index in [4.69, 9.17) is 0 Å². The zero-order valence-electron chi connectivity index (χ0n) is 16.2. The molecule has 30 heavy (non-hydrogen) atoms. The molecule has 0 atom stereocenters. The molecule has 3 N–H and O–H groups in total. The number of nitrogens with zero attached hydrogens (tertiary/aromatic N) is 2. The maximum atomic E-state index is 12.4. The first-order valence-electron chi connectivity index (χ1n) is 9.70. The minimum Gasteiger partial charge on any atom is -0.349 e. The van der Waals surface area contributed by atoms with Gasteiger partial charge in [-0.15, -0.1) is 11.3 Å². The van der Waals surface area contributed by atoms with Crippen molar-refractivity contribution in [1.82, 2.24) is 20.5 Å². The van der Waals surface area contributed by atoms with Crippen molar-refractivity contribution >= 4 is 40.0 Å². The summed E-state index contributed by atoms with van der Waals surface area (Å²) >= 11 is 1.37. The zero-order chi connectivity index (χ0) is 20.7. The van der Waals surface area contributed by atoms with Crippen LogP contribution in [0.5, 0.6) is 0 Å². The van der Waals surface area contributed by atoms with Crippen LogP contribution in [0.15, 0.2) is 47.8 Å². The number of H-pyrrole nitrogens is 1. The summed E-state index contributed by atoms with van der Waals surface area (Å²) in [7, 11) is 0. The van der Waals surface area contributed by atoms with E-state index in [0.29, 0.717) is 27.9 Å². The molecular weight excluding hydrogens is 398 g/mol. The van der Waals surface area contributed by atoms with Crippen molar-refractivity contribution in [3.05, 3.63) is 63.8 Å². The molecular formula is C22H19N5O2S. The number of carbonyl (C=O) groups excluding carboxylic acids is 2. The van der Waals surface area contributed by atoms with Gasteiger partial charge in [-0.05, 0) is 61.0 Å². The number of nitrogens with one attached hydrogen (secondary N) is 3. The monoisotopic (exact) mass is 417 g/mol. The number of anilines is 1. The Labute approximate surface area is 176 Å². The van der Waals surface area contributed by atoms with Crippen molar-refractivity contribution < 1.29 is 9.59 Å². The molecule has 5 rings (SSSR count). The number of amides is 2. The van der Waals surface area contributed by atoms with Crippen molar-refractivity contribution in [1.29, 1.82) is 0 Å². The quantitative estimate of drug-likeness (QED) is 0.454. The van der Waals surface area contributed by atoms with E-state index in [2.05, 4.69) is 25.8 Å². The van der Waals surface area contributed by atoms with Gasteiger partial charge in [0.1, 0.15) is 0 Å². The molecule has 4 aromatic rings. The minimum absolute atomic E-state index is 0.0556. The van der Waals surface area contributed by atoms with Gasteiger partial charge >= 0.3 is 0 Å². The average molecular weight is 417 g/mol. The molecule has 0 bridgehead atoms. The third kappa shape index (κ3) is 3.57. The lowest BCUT2D eigenvalue weighted by molar-refractivity contribution is 0.0950. The van der Waals surface area contributed by atoms with Crippen LogP contribution in [0, 0.1) is 6.92 Å². The highest BCUT2D eigenvalue weighted by atomic mass is 32.1. The minimum atomic E-state index is -0.201. The standard InChI is InChI=1S/C22H19N5O2S/c1-12-4-5-13(21(28)23-14-6-7-14)11-16(12)17-9-8-15-19(24-17)26-27-20(15)25-22(29)18-3-2-10-30-18/h2-5,8-11,14H,6-7H2,1H3,(H,23,28)(H2,24,25,26,27,29). The number of hydrogen-bond acceptors (Lipinski definition) is 5. The summed E-state index contributed by atoms with van der Waals surface area (Å²) < 4.78 is 0. The molecule has 1 aliphatic rings. The van der Waals surface area contributed by atoms with Crippen LogP contribution in [-0.4, -0.2) is 33.0 Å². The van der Waals surface area contributed by atoms with E-state index in [9.17, 15) is 9.59 Å². The summed E-state index contributed by atoms with van der Waals surface area (Å²) in [5.74, 6) is 0.185. The van der Waals surface area contributed by atoms with E-state index in [1.54, 1.807) is 6.07 Å². The number of aromatic amines is 1. The molecule has 2 amide bonds. The maximum absolute atomic E-state index is 12.4. The Morgan fingerprint density at radius 2 is 2.00 bits per heavy atom. The number of carbonyl (C=O) groups is 2. The predicted molar refractivity (Wildman–Crippen MR) is 117 cm³/mol. The topological polar surface area (TPSA) is 99.8 Å². The van der Waals surface area contributed by atoms with Crippen LogP contribution in [0.3, 0.4) is 0 Å². The number of aryl methyl sites for hydroxylation is 1. The molecule has 0 unspecified atom stereocenters. The Morgan fingerprint density at radius 1 is 1.13 bits per heavy atom. The van der Waals surface area contributed by atoms with Crippen LogP contribution in [0.25, 0.3) is 22.3 Å². The van der Waals surface area contributed by atoms with Crippen molar-refractivity contribution in [3.63, 3.8) is 0 Å². The molecule has 3 aromatic heterocycles. The third-order valence-corrected chi connectivity index (χ3v) is 5.96. The summed E-state index contributed by atoms with van der Waals surface area (Å²) in [4.78, 5) is 30.0. The van der Waals surface area contributed by atoms with Crippen LogP contribution in [0.2, 0.25) is 0 Å². The van der Waals surface area contributed by atoms with Crippen molar-refractivity contribution in [2.75, 3.05) is 5.32 Å². The van der Waals surface area contributed by atoms with Gasteiger partial charge in [0, 0.05) is 17.2 Å². The molecule has 0 saturated heterocycles. The molecule has 1 fully saturated rings. The number of fused-ring (bicyclic) bond motifs is 1. The van der Waals surface area contributed by atoms with E-state index in [-0.39, 0.29) is 11.8 Å².